The standard InChI is InChI=1S/C15H20FN5O/c1-3-13-18-15(22-19-13)11(2)20-7-9-21(10-8-20)14-6-4-5-12(16)17-14/h4-6,11H,3,7-10H2,1-2H3. The van der Waals surface area contributed by atoms with Crippen LogP contribution < -0.4 is 4.90 Å². The second-order valence-corrected chi connectivity index (χ2v) is 5.42. The van der Waals surface area contributed by atoms with Crippen molar-refractivity contribution in [1.29, 1.82) is 0 Å². The normalized spacial score (nSPS) is 17.7. The van der Waals surface area contributed by atoms with E-state index in [0.717, 1.165) is 38.4 Å². The van der Waals surface area contributed by atoms with E-state index < -0.39 is 5.95 Å². The van der Waals surface area contributed by atoms with Crippen molar-refractivity contribution >= 4 is 5.82 Å². The van der Waals surface area contributed by atoms with Crippen LogP contribution in [-0.4, -0.2) is 46.2 Å². The fourth-order valence-electron chi connectivity index (χ4n) is 2.65. The Labute approximate surface area is 128 Å². The first-order valence-electron chi connectivity index (χ1n) is 7.61. The van der Waals surface area contributed by atoms with Gasteiger partial charge in [0.25, 0.3) is 0 Å². The minimum absolute atomic E-state index is 0.0930. The van der Waals surface area contributed by atoms with E-state index in [-0.39, 0.29) is 6.04 Å². The van der Waals surface area contributed by atoms with Gasteiger partial charge in [-0.15, -0.1) is 0 Å². The topological polar surface area (TPSA) is 58.3 Å². The molecule has 3 rings (SSSR count). The summed E-state index contributed by atoms with van der Waals surface area (Å²) in [6, 6.07) is 4.99. The van der Waals surface area contributed by atoms with E-state index >= 15 is 0 Å². The zero-order chi connectivity index (χ0) is 15.5. The highest BCUT2D eigenvalue weighted by atomic mass is 19.1. The summed E-state index contributed by atoms with van der Waals surface area (Å²) in [6.07, 6.45) is 0.773. The minimum atomic E-state index is -0.439. The van der Waals surface area contributed by atoms with Crippen LogP contribution in [0.3, 0.4) is 0 Å². The number of hydrogen-bond acceptors (Lipinski definition) is 6. The molecule has 1 atom stereocenters. The van der Waals surface area contributed by atoms with E-state index in [2.05, 4.69) is 31.8 Å². The van der Waals surface area contributed by atoms with Crippen LogP contribution in [0.2, 0.25) is 0 Å². The molecule has 0 saturated carbocycles. The average molecular weight is 305 g/mol. The third-order valence-corrected chi connectivity index (χ3v) is 4.04. The van der Waals surface area contributed by atoms with Crippen LogP contribution in [0, 0.1) is 5.95 Å². The van der Waals surface area contributed by atoms with Crippen molar-refractivity contribution in [1.82, 2.24) is 20.0 Å². The van der Waals surface area contributed by atoms with Crippen molar-refractivity contribution in [2.75, 3.05) is 31.1 Å². The molecule has 22 heavy (non-hydrogen) atoms. The van der Waals surface area contributed by atoms with E-state index in [4.69, 9.17) is 4.52 Å². The van der Waals surface area contributed by atoms with Crippen LogP contribution in [-0.2, 0) is 6.42 Å². The minimum Gasteiger partial charge on any atom is -0.354 e. The Balaban J connectivity index is 1.61. The number of aryl methyl sites for hydroxylation is 1. The number of rotatable bonds is 4. The fourth-order valence-corrected chi connectivity index (χ4v) is 2.65. The van der Waals surface area contributed by atoms with E-state index in [1.165, 1.54) is 6.07 Å². The molecule has 1 aliphatic rings. The summed E-state index contributed by atoms with van der Waals surface area (Å²) in [5.74, 6) is 1.66. The summed E-state index contributed by atoms with van der Waals surface area (Å²) in [7, 11) is 0. The quantitative estimate of drug-likeness (QED) is 0.806. The van der Waals surface area contributed by atoms with E-state index in [1.54, 1.807) is 6.07 Å². The van der Waals surface area contributed by atoms with Crippen molar-refractivity contribution in [3.05, 3.63) is 35.9 Å². The van der Waals surface area contributed by atoms with Gasteiger partial charge in [0.1, 0.15) is 5.82 Å². The van der Waals surface area contributed by atoms with Crippen LogP contribution in [0.5, 0.6) is 0 Å². The lowest BCUT2D eigenvalue weighted by atomic mass is 10.2. The molecule has 0 spiro atoms. The number of aromatic nitrogens is 3. The van der Waals surface area contributed by atoms with Crippen LogP contribution in [0.4, 0.5) is 10.2 Å². The van der Waals surface area contributed by atoms with E-state index in [1.807, 2.05) is 13.0 Å². The molecule has 7 heteroatoms. The number of halogens is 1. The maximum Gasteiger partial charge on any atom is 0.243 e. The SMILES string of the molecule is CCc1noc(C(C)N2CCN(c3cccc(F)n3)CC2)n1. The molecule has 0 radical (unpaired) electrons. The largest absolute Gasteiger partial charge is 0.354 e. The maximum atomic E-state index is 13.2. The number of pyridine rings is 1. The highest BCUT2D eigenvalue weighted by molar-refractivity contribution is 5.38. The molecular formula is C15H20FN5O. The first-order valence-corrected chi connectivity index (χ1v) is 7.61. The Morgan fingerprint density at radius 2 is 2.00 bits per heavy atom. The number of hydrogen-bond donors (Lipinski definition) is 0. The lowest BCUT2D eigenvalue weighted by molar-refractivity contribution is 0.164. The highest BCUT2D eigenvalue weighted by Crippen LogP contribution is 2.22. The highest BCUT2D eigenvalue weighted by Gasteiger charge is 2.26. The molecule has 1 fully saturated rings. The van der Waals surface area contributed by atoms with Crippen LogP contribution in [0.15, 0.2) is 22.7 Å². The Hall–Kier alpha value is -2.02. The van der Waals surface area contributed by atoms with Gasteiger partial charge in [0, 0.05) is 32.6 Å². The zero-order valence-corrected chi connectivity index (χ0v) is 12.9. The van der Waals surface area contributed by atoms with Gasteiger partial charge in [-0.1, -0.05) is 18.1 Å². The Bertz CT molecular complexity index is 624. The first kappa shape index (κ1) is 14.9. The molecule has 1 unspecified atom stereocenters. The van der Waals surface area contributed by atoms with Gasteiger partial charge in [0.15, 0.2) is 5.82 Å². The Morgan fingerprint density at radius 1 is 1.23 bits per heavy atom. The van der Waals surface area contributed by atoms with Crippen molar-refractivity contribution in [3.63, 3.8) is 0 Å². The van der Waals surface area contributed by atoms with Crippen molar-refractivity contribution in [2.24, 2.45) is 0 Å². The third-order valence-electron chi connectivity index (χ3n) is 4.04. The summed E-state index contributed by atoms with van der Waals surface area (Å²) in [5, 5.41) is 3.95. The van der Waals surface area contributed by atoms with Gasteiger partial charge in [-0.3, -0.25) is 4.90 Å². The fraction of sp³-hybridized carbons (Fsp3) is 0.533. The summed E-state index contributed by atoms with van der Waals surface area (Å²) in [4.78, 5) is 12.7. The molecule has 118 valence electrons. The first-order chi connectivity index (χ1) is 10.7. The van der Waals surface area contributed by atoms with Gasteiger partial charge in [0.05, 0.1) is 6.04 Å². The number of nitrogens with zero attached hydrogens (tertiary/aromatic N) is 5. The molecule has 6 nitrogen and oxygen atoms in total. The predicted molar refractivity (Wildman–Crippen MR) is 80.1 cm³/mol. The summed E-state index contributed by atoms with van der Waals surface area (Å²) in [6.45, 7) is 7.38. The molecule has 3 heterocycles. The molecule has 2 aromatic rings. The van der Waals surface area contributed by atoms with Gasteiger partial charge in [-0.25, -0.2) is 4.98 Å². The van der Waals surface area contributed by atoms with Crippen LogP contribution in [0.25, 0.3) is 0 Å². The molecule has 0 amide bonds. The molecule has 0 N–H and O–H groups in total. The van der Waals surface area contributed by atoms with Gasteiger partial charge < -0.3 is 9.42 Å². The van der Waals surface area contributed by atoms with E-state index in [0.29, 0.717) is 11.7 Å². The van der Waals surface area contributed by atoms with Crippen LogP contribution >= 0.6 is 0 Å². The molecule has 0 aliphatic carbocycles. The second-order valence-electron chi connectivity index (χ2n) is 5.42. The van der Waals surface area contributed by atoms with Gasteiger partial charge in [0.2, 0.25) is 11.8 Å². The van der Waals surface area contributed by atoms with Crippen molar-refractivity contribution < 1.29 is 8.91 Å². The smallest absolute Gasteiger partial charge is 0.243 e. The maximum absolute atomic E-state index is 13.2. The Kier molecular flexibility index (Phi) is 4.33. The second kappa shape index (κ2) is 6.39. The summed E-state index contributed by atoms with van der Waals surface area (Å²) >= 11 is 0. The summed E-state index contributed by atoms with van der Waals surface area (Å²) < 4.78 is 18.5. The molecule has 1 saturated heterocycles. The molecule has 0 aromatic carbocycles. The lowest BCUT2D eigenvalue weighted by Crippen LogP contribution is -2.47. The number of piperazine rings is 1. The van der Waals surface area contributed by atoms with E-state index in [9.17, 15) is 4.39 Å². The van der Waals surface area contributed by atoms with Gasteiger partial charge in [-0.05, 0) is 19.1 Å². The van der Waals surface area contributed by atoms with Gasteiger partial charge >= 0.3 is 0 Å². The molecule has 1 aliphatic heterocycles. The molecule has 0 bridgehead atoms. The van der Waals surface area contributed by atoms with Gasteiger partial charge in [-0.2, -0.15) is 9.37 Å². The molecule has 2 aromatic heterocycles. The predicted octanol–water partition coefficient (Wildman–Crippen LogP) is 2.05. The van der Waals surface area contributed by atoms with Crippen molar-refractivity contribution in [3.8, 4) is 0 Å². The summed E-state index contributed by atoms with van der Waals surface area (Å²) in [5.41, 5.74) is 0. The molecular weight excluding hydrogens is 285 g/mol. The monoisotopic (exact) mass is 305 g/mol. The number of anilines is 1. The van der Waals surface area contributed by atoms with Crippen LogP contribution in [0.1, 0.15) is 31.6 Å². The van der Waals surface area contributed by atoms with Crippen molar-refractivity contribution in [2.45, 2.75) is 26.3 Å². The zero-order valence-electron chi connectivity index (χ0n) is 12.9. The Morgan fingerprint density at radius 3 is 2.64 bits per heavy atom. The average Bonchev–Trinajstić information content (AvgIpc) is 3.03. The lowest BCUT2D eigenvalue weighted by Gasteiger charge is -2.37. The third kappa shape index (κ3) is 3.09.